The Morgan fingerprint density at radius 3 is 2.32 bits per heavy atom. The Bertz CT molecular complexity index is 1180. The molecule has 0 aliphatic carbocycles. The number of rotatable bonds is 8. The van der Waals surface area contributed by atoms with E-state index < -0.39 is 24.2 Å². The largest absolute Gasteiger partial charge is 2.00 e. The first-order chi connectivity index (χ1) is 15.6. The van der Waals surface area contributed by atoms with E-state index in [0.29, 0.717) is 12.3 Å². The molecule has 0 N–H and O–H groups in total. The molecular weight excluding hydrogens is 628 g/mol. The minimum Gasteiger partial charge on any atom is -0.515 e. The second-order valence-corrected chi connectivity index (χ2v) is 13.7. The summed E-state index contributed by atoms with van der Waals surface area (Å²) in [6.07, 6.45) is 1.12. The number of nitro benzene ring substituents is 1. The van der Waals surface area contributed by atoms with Crippen molar-refractivity contribution >= 4 is 13.8 Å². The maximum atomic E-state index is 12.4. The summed E-state index contributed by atoms with van der Waals surface area (Å²) in [6, 6.07) is 17.6. The van der Waals surface area contributed by atoms with Gasteiger partial charge in [0.1, 0.15) is 12.9 Å². The van der Waals surface area contributed by atoms with Crippen LogP contribution in [0, 0.1) is 22.2 Å². The molecule has 0 aliphatic heterocycles. The summed E-state index contributed by atoms with van der Waals surface area (Å²) in [6.45, 7) is 7.23. The topological polar surface area (TPSA) is 118 Å². The van der Waals surface area contributed by atoms with Gasteiger partial charge >= 0.3 is 26.8 Å². The standard InChI is InChI=1S/C15H20N3O3Si.C7H6NO3.W/c1-22(2,3)10-9-21-12-17-14(19)11-16-18(15(17)20)13-7-5-4-6-8-13;1-11-7-5-3-2-4-6(7)8(9)10;/h5-8,11H,9-10,12H2,1-3H3;3-5H,1H3;/q2*-1;+2. The van der Waals surface area contributed by atoms with Crippen molar-refractivity contribution in [2.75, 3.05) is 13.7 Å². The molecule has 0 saturated carbocycles. The third kappa shape index (κ3) is 8.81. The van der Waals surface area contributed by atoms with Crippen LogP contribution in [0.15, 0.2) is 58.3 Å². The first-order valence-electron chi connectivity index (χ1n) is 10.1. The Morgan fingerprint density at radius 1 is 1.12 bits per heavy atom. The number of ether oxygens (including phenoxy) is 2. The molecule has 0 aliphatic rings. The fourth-order valence-electron chi connectivity index (χ4n) is 2.51. The van der Waals surface area contributed by atoms with Gasteiger partial charge in [-0.15, -0.1) is 18.2 Å². The van der Waals surface area contributed by atoms with Crippen LogP contribution in [-0.4, -0.2) is 41.1 Å². The van der Waals surface area contributed by atoms with Crippen LogP contribution in [0.25, 0.3) is 5.69 Å². The third-order valence-electron chi connectivity index (χ3n) is 4.34. The number of hydrogen-bond donors (Lipinski definition) is 0. The minimum absolute atomic E-state index is 0. The van der Waals surface area contributed by atoms with Crippen molar-refractivity contribution in [3.8, 4) is 11.4 Å². The van der Waals surface area contributed by atoms with Gasteiger partial charge in [-0.05, 0) is 11.7 Å². The molecule has 0 fully saturated rings. The molecule has 1 aromatic heterocycles. The van der Waals surface area contributed by atoms with Crippen molar-refractivity contribution in [3.05, 3.63) is 91.7 Å². The number of nitrogens with zero attached hydrogens (tertiary/aromatic N) is 4. The Balaban J connectivity index is 0.000000407. The van der Waals surface area contributed by atoms with Crippen molar-refractivity contribution in [1.82, 2.24) is 14.3 Å². The number of nitro groups is 1. The molecule has 0 bridgehead atoms. The quantitative estimate of drug-likeness (QED) is 0.121. The molecule has 0 amide bonds. The summed E-state index contributed by atoms with van der Waals surface area (Å²) in [5.41, 5.74) is -0.446. The van der Waals surface area contributed by atoms with Crippen LogP contribution in [0.4, 0.5) is 5.69 Å². The van der Waals surface area contributed by atoms with Gasteiger partial charge in [0, 0.05) is 19.6 Å². The van der Waals surface area contributed by atoms with Crippen LogP contribution in [0.1, 0.15) is 0 Å². The zero-order valence-corrected chi connectivity index (χ0v) is 23.3. The number of aromatic nitrogens is 3. The molecule has 12 heteroatoms. The molecule has 34 heavy (non-hydrogen) atoms. The summed E-state index contributed by atoms with van der Waals surface area (Å²) in [5, 5.41) is 14.2. The van der Waals surface area contributed by atoms with Crippen LogP contribution in [-0.2, 0) is 32.5 Å². The smallest absolute Gasteiger partial charge is 0.515 e. The average molecular weight is 654 g/mol. The van der Waals surface area contributed by atoms with Crippen molar-refractivity contribution in [3.63, 3.8) is 0 Å². The van der Waals surface area contributed by atoms with Gasteiger partial charge in [-0.1, -0.05) is 25.7 Å². The van der Waals surface area contributed by atoms with Crippen molar-refractivity contribution < 1.29 is 35.5 Å². The second-order valence-electron chi connectivity index (χ2n) is 8.07. The van der Waals surface area contributed by atoms with Crippen molar-refractivity contribution in [2.45, 2.75) is 32.4 Å². The molecule has 0 unspecified atom stereocenters. The van der Waals surface area contributed by atoms with Crippen LogP contribution in [0.5, 0.6) is 5.75 Å². The van der Waals surface area contributed by atoms with E-state index in [9.17, 15) is 19.7 Å². The van der Waals surface area contributed by atoms with Gasteiger partial charge in [-0.3, -0.25) is 14.9 Å². The minimum atomic E-state index is -1.20. The molecule has 3 aromatic rings. The van der Waals surface area contributed by atoms with E-state index in [0.717, 1.165) is 16.8 Å². The van der Waals surface area contributed by atoms with Gasteiger partial charge in [0.25, 0.3) is 5.56 Å². The van der Waals surface area contributed by atoms with E-state index in [-0.39, 0.29) is 39.2 Å². The van der Waals surface area contributed by atoms with Gasteiger partial charge in [-0.2, -0.15) is 35.4 Å². The Kier molecular flexibility index (Phi) is 11.8. The maximum Gasteiger partial charge on any atom is 2.00 e. The summed E-state index contributed by atoms with van der Waals surface area (Å²) in [7, 11) is 0.194. The second kappa shape index (κ2) is 13.7. The van der Waals surface area contributed by atoms with Crippen LogP contribution < -0.4 is 16.0 Å². The van der Waals surface area contributed by atoms with E-state index in [2.05, 4.69) is 36.9 Å². The number of hydrogen-bond acceptors (Lipinski definition) is 7. The van der Waals surface area contributed by atoms with E-state index in [1.807, 2.05) is 0 Å². The molecule has 1 heterocycles. The van der Waals surface area contributed by atoms with E-state index in [1.54, 1.807) is 30.3 Å². The molecule has 0 atom stereocenters. The van der Waals surface area contributed by atoms with Crippen LogP contribution in [0.2, 0.25) is 25.7 Å². The number of benzene rings is 2. The molecule has 3 rings (SSSR count). The molecule has 2 aromatic carbocycles. The summed E-state index contributed by atoms with van der Waals surface area (Å²) >= 11 is 0. The Hall–Kier alpha value is -2.88. The maximum absolute atomic E-state index is 12.4. The van der Waals surface area contributed by atoms with E-state index >= 15 is 0 Å². The summed E-state index contributed by atoms with van der Waals surface area (Å²) in [4.78, 5) is 34.0. The zero-order chi connectivity index (χ0) is 24.4. The first-order valence-corrected chi connectivity index (χ1v) is 13.8. The van der Waals surface area contributed by atoms with Crippen molar-refractivity contribution in [2.24, 2.45) is 0 Å². The fraction of sp³-hybridized carbons (Fsp3) is 0.318. The SMILES string of the molecule is COc1cc[c-]cc1[N+](=O)[O-].C[Si](C)(C)CCOCn1c(=O)cnn(-c2cc[c-]cc2)c1=O.[W+2]. The van der Waals surface area contributed by atoms with Crippen LogP contribution in [0.3, 0.4) is 0 Å². The van der Waals surface area contributed by atoms with E-state index in [1.165, 1.54) is 23.9 Å². The van der Waals surface area contributed by atoms with Crippen LogP contribution >= 0.6 is 0 Å². The van der Waals surface area contributed by atoms with Gasteiger partial charge in [0.15, 0.2) is 0 Å². The predicted molar refractivity (Wildman–Crippen MR) is 126 cm³/mol. The predicted octanol–water partition coefficient (Wildman–Crippen LogP) is 2.91. The molecular formula is C22H26N4O6SiW. The zero-order valence-electron chi connectivity index (χ0n) is 19.4. The number of methoxy groups -OCH3 is 1. The third-order valence-corrected chi connectivity index (χ3v) is 6.05. The van der Waals surface area contributed by atoms with Gasteiger partial charge in [0.05, 0.1) is 12.9 Å². The molecule has 0 radical (unpaired) electrons. The fourth-order valence-corrected chi connectivity index (χ4v) is 3.26. The van der Waals surface area contributed by atoms with Gasteiger partial charge < -0.3 is 9.47 Å². The van der Waals surface area contributed by atoms with Crippen molar-refractivity contribution in [1.29, 1.82) is 0 Å². The molecule has 0 spiro atoms. The normalized spacial score (nSPS) is 10.5. The monoisotopic (exact) mass is 654 g/mol. The summed E-state index contributed by atoms with van der Waals surface area (Å²) in [5.74, 6) is 0.258. The summed E-state index contributed by atoms with van der Waals surface area (Å²) < 4.78 is 12.5. The molecule has 0 saturated heterocycles. The average Bonchev–Trinajstić information content (AvgIpc) is 2.78. The Labute approximate surface area is 212 Å². The molecule has 180 valence electrons. The Morgan fingerprint density at radius 2 is 1.76 bits per heavy atom. The van der Waals surface area contributed by atoms with E-state index in [4.69, 9.17) is 9.47 Å². The van der Waals surface area contributed by atoms with Gasteiger partial charge in [0.2, 0.25) is 5.69 Å². The molecule has 10 nitrogen and oxygen atoms in total. The first kappa shape index (κ1) is 29.1. The van der Waals surface area contributed by atoms with Gasteiger partial charge in [-0.25, -0.2) is 14.0 Å².